The maximum absolute atomic E-state index is 6.58. The van der Waals surface area contributed by atoms with Gasteiger partial charge in [0, 0.05) is 39.1 Å². The third-order valence-electron chi connectivity index (χ3n) is 10.3. The van der Waals surface area contributed by atoms with E-state index in [2.05, 4.69) is 150 Å². The molecule has 48 heavy (non-hydrogen) atoms. The fourth-order valence-corrected chi connectivity index (χ4v) is 8.25. The van der Waals surface area contributed by atoms with Gasteiger partial charge < -0.3 is 19.0 Å². The smallest absolute Gasteiger partial charge is 0.252 e. The van der Waals surface area contributed by atoms with Crippen LogP contribution in [0, 0.1) is 6.92 Å². The van der Waals surface area contributed by atoms with Crippen LogP contribution in [-0.4, -0.2) is 6.71 Å². The average molecular weight is 615 g/mol. The Morgan fingerprint density at radius 3 is 2.19 bits per heavy atom. The van der Waals surface area contributed by atoms with E-state index < -0.39 is 0 Å². The van der Waals surface area contributed by atoms with Gasteiger partial charge >= 0.3 is 0 Å². The molecule has 1 aromatic heterocycles. The lowest BCUT2D eigenvalue weighted by atomic mass is 9.33. The molecule has 3 aliphatic heterocycles. The Bertz CT molecular complexity index is 2640. The highest BCUT2D eigenvalue weighted by Crippen LogP contribution is 2.52. The lowest BCUT2D eigenvalue weighted by Crippen LogP contribution is -2.61. The molecule has 0 radical (unpaired) electrons. The van der Waals surface area contributed by atoms with E-state index in [0.29, 0.717) is 0 Å². The van der Waals surface area contributed by atoms with Crippen molar-refractivity contribution in [3.05, 3.63) is 151 Å². The highest BCUT2D eigenvalue weighted by molar-refractivity contribution is 7.00. The summed E-state index contributed by atoms with van der Waals surface area (Å²) in [5.74, 6) is 1.75. The van der Waals surface area contributed by atoms with Crippen molar-refractivity contribution in [2.45, 2.75) is 6.92 Å². The minimum atomic E-state index is 0.00258. The molecule has 224 valence electrons. The van der Waals surface area contributed by atoms with Crippen LogP contribution in [0.15, 0.2) is 150 Å². The van der Waals surface area contributed by atoms with Gasteiger partial charge in [-0.1, -0.05) is 96.6 Å². The molecule has 8 aromatic rings. The van der Waals surface area contributed by atoms with Crippen molar-refractivity contribution in [2.24, 2.45) is 0 Å². The second kappa shape index (κ2) is 9.43. The van der Waals surface area contributed by atoms with Crippen LogP contribution >= 0.6 is 0 Å². The molecule has 7 aromatic carbocycles. The number of hydrogen-bond donors (Lipinski definition) is 0. The second-order valence-electron chi connectivity index (χ2n) is 13.0. The van der Waals surface area contributed by atoms with E-state index in [1.807, 2.05) is 12.1 Å². The Kier molecular flexibility index (Phi) is 5.09. The first-order valence-electron chi connectivity index (χ1n) is 16.5. The van der Waals surface area contributed by atoms with Crippen LogP contribution < -0.4 is 30.9 Å². The predicted octanol–water partition coefficient (Wildman–Crippen LogP) is 9.75. The van der Waals surface area contributed by atoms with Crippen LogP contribution in [0.5, 0.6) is 11.5 Å². The number of fused-ring (bicyclic) bond motifs is 9. The maximum Gasteiger partial charge on any atom is 0.252 e. The number of rotatable bonds is 2. The molecular weight excluding hydrogens is 587 g/mol. The summed E-state index contributed by atoms with van der Waals surface area (Å²) < 4.78 is 13.1. The highest BCUT2D eigenvalue weighted by atomic mass is 16.5. The van der Waals surface area contributed by atoms with E-state index in [1.54, 1.807) is 0 Å². The number of aryl methyl sites for hydroxylation is 1. The molecule has 5 heteroatoms. The molecule has 0 aliphatic carbocycles. The standard InChI is InChI=1S/C43H27BN2O2/c1-26-19-22-28(23-20-26)45-34-24-21-27(29-10-6-11-31-30-9-2-4-16-38(30)48-43(29)31)25-33(34)44-32-12-7-18-40-42(32)46(35-13-3-5-17-39(35)47-40)37-15-8-14-36(45)41(37)44/h2-25H,1H3. The molecule has 0 bridgehead atoms. The third-order valence-corrected chi connectivity index (χ3v) is 10.3. The van der Waals surface area contributed by atoms with Crippen LogP contribution in [0.25, 0.3) is 33.1 Å². The Morgan fingerprint density at radius 2 is 1.27 bits per heavy atom. The fourth-order valence-electron chi connectivity index (χ4n) is 8.25. The first-order chi connectivity index (χ1) is 23.7. The number of nitrogens with zero attached hydrogens (tertiary/aromatic N) is 2. The molecule has 0 unspecified atom stereocenters. The maximum atomic E-state index is 6.58. The van der Waals surface area contributed by atoms with Crippen molar-refractivity contribution in [1.29, 1.82) is 0 Å². The first kappa shape index (κ1) is 25.9. The van der Waals surface area contributed by atoms with E-state index in [9.17, 15) is 0 Å². The number of furan rings is 1. The summed E-state index contributed by atoms with van der Waals surface area (Å²) in [6, 6.07) is 52.2. The number of ether oxygens (including phenoxy) is 1. The quantitative estimate of drug-likeness (QED) is 0.181. The zero-order valence-electron chi connectivity index (χ0n) is 26.1. The Balaban J connectivity index is 1.21. The molecule has 0 saturated carbocycles. The van der Waals surface area contributed by atoms with Crippen LogP contribution in [0.4, 0.5) is 34.1 Å². The van der Waals surface area contributed by atoms with Crippen molar-refractivity contribution in [1.82, 2.24) is 0 Å². The molecular formula is C43H27BN2O2. The van der Waals surface area contributed by atoms with Gasteiger partial charge in [-0.15, -0.1) is 0 Å². The van der Waals surface area contributed by atoms with Gasteiger partial charge in [-0.2, -0.15) is 0 Å². The fraction of sp³-hybridized carbons (Fsp3) is 0.0233. The largest absolute Gasteiger partial charge is 0.455 e. The first-order valence-corrected chi connectivity index (χ1v) is 16.5. The number of hydrogen-bond acceptors (Lipinski definition) is 4. The minimum absolute atomic E-state index is 0.00258. The molecule has 3 aliphatic rings. The minimum Gasteiger partial charge on any atom is -0.455 e. The Hall–Kier alpha value is -6.20. The van der Waals surface area contributed by atoms with Gasteiger partial charge in [0.1, 0.15) is 11.2 Å². The lowest BCUT2D eigenvalue weighted by Gasteiger charge is -2.45. The third kappa shape index (κ3) is 3.40. The number of para-hydroxylation sites is 5. The second-order valence-corrected chi connectivity index (χ2v) is 13.0. The summed E-state index contributed by atoms with van der Waals surface area (Å²) in [4.78, 5) is 4.85. The summed E-state index contributed by atoms with van der Waals surface area (Å²) >= 11 is 0. The van der Waals surface area contributed by atoms with E-state index in [1.165, 1.54) is 39.0 Å². The van der Waals surface area contributed by atoms with Crippen LogP contribution in [0.1, 0.15) is 5.56 Å². The van der Waals surface area contributed by atoms with Crippen LogP contribution in [0.2, 0.25) is 0 Å². The van der Waals surface area contributed by atoms with Gasteiger partial charge in [-0.25, -0.2) is 0 Å². The van der Waals surface area contributed by atoms with Crippen LogP contribution in [-0.2, 0) is 0 Å². The van der Waals surface area contributed by atoms with Gasteiger partial charge in [0.2, 0.25) is 0 Å². The van der Waals surface area contributed by atoms with E-state index in [0.717, 1.165) is 61.6 Å². The zero-order valence-corrected chi connectivity index (χ0v) is 26.1. The molecule has 0 amide bonds. The molecule has 0 N–H and O–H groups in total. The number of benzene rings is 7. The highest BCUT2D eigenvalue weighted by Gasteiger charge is 2.45. The van der Waals surface area contributed by atoms with Crippen molar-refractivity contribution in [2.75, 3.05) is 9.80 Å². The molecule has 4 heterocycles. The molecule has 4 nitrogen and oxygen atoms in total. The van der Waals surface area contributed by atoms with Gasteiger partial charge in [-0.3, -0.25) is 0 Å². The van der Waals surface area contributed by atoms with Crippen molar-refractivity contribution in [3.63, 3.8) is 0 Å². The van der Waals surface area contributed by atoms with E-state index >= 15 is 0 Å². The summed E-state index contributed by atoms with van der Waals surface area (Å²) in [6.45, 7) is 2.15. The predicted molar refractivity (Wildman–Crippen MR) is 198 cm³/mol. The summed E-state index contributed by atoms with van der Waals surface area (Å²) in [5.41, 5.74) is 16.0. The molecule has 0 fully saturated rings. The Labute approximate surface area is 278 Å². The monoisotopic (exact) mass is 614 g/mol. The Morgan fingerprint density at radius 1 is 0.542 bits per heavy atom. The molecule has 0 atom stereocenters. The summed E-state index contributed by atoms with van der Waals surface area (Å²) in [7, 11) is 0. The lowest BCUT2D eigenvalue weighted by molar-refractivity contribution is 0.477. The molecule has 0 saturated heterocycles. The van der Waals surface area contributed by atoms with E-state index in [-0.39, 0.29) is 6.71 Å². The molecule has 0 spiro atoms. The average Bonchev–Trinajstić information content (AvgIpc) is 3.52. The number of anilines is 6. The zero-order chi connectivity index (χ0) is 31.5. The van der Waals surface area contributed by atoms with Crippen molar-refractivity contribution in [3.8, 4) is 22.6 Å². The van der Waals surface area contributed by atoms with Crippen LogP contribution in [0.3, 0.4) is 0 Å². The van der Waals surface area contributed by atoms with Gasteiger partial charge in [-0.05, 0) is 83.5 Å². The SMILES string of the molecule is Cc1ccc(N2c3ccc(-c4cccc5c4oc4ccccc45)cc3B3c4cccc5c4N(c4ccccc4O5)c4cccc2c43)cc1. The van der Waals surface area contributed by atoms with Gasteiger partial charge in [0.15, 0.2) is 11.5 Å². The van der Waals surface area contributed by atoms with Crippen molar-refractivity contribution >= 4 is 79.2 Å². The normalized spacial score (nSPS) is 13.6. The van der Waals surface area contributed by atoms with Gasteiger partial charge in [0.05, 0.1) is 11.4 Å². The molecule has 11 rings (SSSR count). The van der Waals surface area contributed by atoms with E-state index in [4.69, 9.17) is 9.15 Å². The summed E-state index contributed by atoms with van der Waals surface area (Å²) in [6.07, 6.45) is 0. The van der Waals surface area contributed by atoms with Crippen molar-refractivity contribution < 1.29 is 9.15 Å². The van der Waals surface area contributed by atoms with Gasteiger partial charge in [0.25, 0.3) is 6.71 Å². The topological polar surface area (TPSA) is 28.9 Å². The summed E-state index contributed by atoms with van der Waals surface area (Å²) in [5, 5.41) is 2.27.